The Balaban J connectivity index is 1.13. The predicted molar refractivity (Wildman–Crippen MR) is 246 cm³/mol. The Labute approximate surface area is 353 Å². The van der Waals surface area contributed by atoms with E-state index in [0.717, 1.165) is 43.1 Å². The van der Waals surface area contributed by atoms with Crippen LogP contribution in [0.3, 0.4) is 0 Å². The molecule has 9 rings (SSSR count). The van der Waals surface area contributed by atoms with E-state index in [4.69, 9.17) is 9.47 Å². The largest absolute Gasteiger partial charge is 0.423 e. The van der Waals surface area contributed by atoms with E-state index in [-0.39, 0.29) is 11.1 Å². The maximum Gasteiger partial charge on any atom is 0.338 e. The molecule has 0 aliphatic heterocycles. The number of fused-ring (bicyclic) bond motifs is 6. The van der Waals surface area contributed by atoms with Gasteiger partial charge in [-0.25, -0.2) is 18.7 Å². The summed E-state index contributed by atoms with van der Waals surface area (Å²) >= 11 is 0. The number of aryl methyl sites for hydroxylation is 4. The van der Waals surface area contributed by atoms with Crippen LogP contribution in [0.2, 0.25) is 0 Å². The van der Waals surface area contributed by atoms with Crippen LogP contribution in [0.5, 0.6) is 11.5 Å². The first kappa shape index (κ1) is 39.5. The number of benzene rings is 6. The van der Waals surface area contributed by atoms with Crippen LogP contribution in [0, 0.1) is 27.7 Å². The monoisotopic (exact) mass is 818 g/mol. The van der Waals surface area contributed by atoms with E-state index in [1.165, 1.54) is 9.13 Å². The summed E-state index contributed by atoms with van der Waals surface area (Å²) in [6.45, 7) is 17.4. The van der Waals surface area contributed by atoms with Gasteiger partial charge < -0.3 is 9.47 Å². The molecule has 0 saturated carbocycles. The molecule has 0 amide bonds. The highest BCUT2D eigenvalue weighted by atomic mass is 16.5. The molecule has 0 bridgehead atoms. The van der Waals surface area contributed by atoms with Crippen molar-refractivity contribution in [2.75, 3.05) is 0 Å². The third kappa shape index (κ3) is 6.35. The van der Waals surface area contributed by atoms with Crippen molar-refractivity contribution >= 4 is 76.6 Å². The Morgan fingerprint density at radius 3 is 0.871 bits per heavy atom. The molecule has 0 unspecified atom stereocenters. The Kier molecular flexibility index (Phi) is 9.13. The van der Waals surface area contributed by atoms with Crippen molar-refractivity contribution in [3.8, 4) is 22.9 Å². The molecule has 10 nitrogen and oxygen atoms in total. The van der Waals surface area contributed by atoms with Gasteiger partial charge in [-0.1, -0.05) is 37.4 Å². The molecule has 304 valence electrons. The van der Waals surface area contributed by atoms with Crippen molar-refractivity contribution in [2.24, 2.45) is 0 Å². The fourth-order valence-corrected chi connectivity index (χ4v) is 8.53. The van der Waals surface area contributed by atoms with Crippen LogP contribution in [0.25, 0.3) is 76.0 Å². The van der Waals surface area contributed by atoms with Crippen LogP contribution in [-0.2, 0) is 9.59 Å². The van der Waals surface area contributed by atoms with Gasteiger partial charge in [0.25, 0.3) is 22.2 Å². The van der Waals surface area contributed by atoms with E-state index < -0.39 is 34.2 Å². The summed E-state index contributed by atoms with van der Waals surface area (Å²) in [7, 11) is 0. The lowest BCUT2D eigenvalue weighted by molar-refractivity contribution is -0.130. The van der Waals surface area contributed by atoms with Gasteiger partial charge in [-0.2, -0.15) is 0 Å². The second-order valence-electron chi connectivity index (χ2n) is 16.2. The maximum atomic E-state index is 14.0. The number of esters is 2. The summed E-state index contributed by atoms with van der Waals surface area (Å²) in [5.41, 5.74) is 2.02. The van der Waals surface area contributed by atoms with Gasteiger partial charge in [0.1, 0.15) is 11.5 Å². The molecule has 10 heteroatoms. The van der Waals surface area contributed by atoms with Crippen LogP contribution in [0.1, 0.15) is 36.1 Å². The predicted octanol–water partition coefficient (Wildman–Crippen LogP) is 9.26. The Bertz CT molecular complexity index is 3360. The SMILES string of the molecule is C=C(C)C(=O)Oc1cc(C)c(-n2c(=O)c3cc4cc5ccc6cc7cc8c(=O)n(-c9c(C)cc(OC(=O)C(=C)C)cc9C)c(=O)c8cc7cc6ccc5cc4cc3c2=O)c(C)c1. The first-order chi connectivity index (χ1) is 29.5. The molecule has 0 atom stereocenters. The van der Waals surface area contributed by atoms with Gasteiger partial charge in [-0.15, -0.1) is 0 Å². The average Bonchev–Trinajstić information content (AvgIpc) is 3.58. The summed E-state index contributed by atoms with van der Waals surface area (Å²) in [5.74, 6) is -0.541. The van der Waals surface area contributed by atoms with Gasteiger partial charge in [0.15, 0.2) is 0 Å². The van der Waals surface area contributed by atoms with E-state index in [1.807, 2.05) is 48.5 Å². The van der Waals surface area contributed by atoms with Crippen molar-refractivity contribution in [1.29, 1.82) is 0 Å². The fourth-order valence-electron chi connectivity index (χ4n) is 8.53. The Hall–Kier alpha value is -7.98. The first-order valence-electron chi connectivity index (χ1n) is 19.8. The standard InChI is InChI=1S/C52H38N2O8/c1-25(2)51(59)61-39-13-27(5)45(28(6)14-39)53-47(55)41-21-35-17-31-9-11-33-19-37-23-43-44(24-38(37)20-34(33)12-10-32(31)18-36(35)22-42(41)48(53)56)50(58)54(49(43)57)46-29(7)15-40(16-30(46)8)62-52(60)26(3)4/h9-24H,1,3H2,2,4-8H3. The van der Waals surface area contributed by atoms with Gasteiger partial charge in [0.2, 0.25) is 0 Å². The molecule has 0 aliphatic carbocycles. The maximum absolute atomic E-state index is 14.0. The quantitative estimate of drug-likeness (QED) is 0.0923. The third-order valence-electron chi connectivity index (χ3n) is 11.5. The molecular formula is C52H38N2O8. The minimum absolute atomic E-state index is 0.250. The Morgan fingerprint density at radius 1 is 0.403 bits per heavy atom. The first-order valence-corrected chi connectivity index (χ1v) is 19.8. The van der Waals surface area contributed by atoms with Crippen LogP contribution >= 0.6 is 0 Å². The molecule has 0 fully saturated rings. The molecule has 0 radical (unpaired) electrons. The van der Waals surface area contributed by atoms with Crippen molar-refractivity contribution in [3.05, 3.63) is 185 Å². The van der Waals surface area contributed by atoms with E-state index in [1.54, 1.807) is 90.1 Å². The molecule has 2 aromatic heterocycles. The number of aromatic nitrogens is 2. The number of rotatable bonds is 6. The molecule has 0 N–H and O–H groups in total. The topological polar surface area (TPSA) is 131 Å². The normalized spacial score (nSPS) is 11.6. The van der Waals surface area contributed by atoms with Gasteiger partial charge in [0, 0.05) is 11.1 Å². The van der Waals surface area contributed by atoms with Gasteiger partial charge in [-0.3, -0.25) is 19.2 Å². The summed E-state index contributed by atoms with van der Waals surface area (Å²) in [6, 6.07) is 29.5. The lowest BCUT2D eigenvalue weighted by Crippen LogP contribution is -2.25. The number of nitrogens with zero attached hydrogens (tertiary/aromatic N) is 2. The zero-order chi connectivity index (χ0) is 44.0. The van der Waals surface area contributed by atoms with Gasteiger partial charge in [0.05, 0.1) is 32.9 Å². The number of carbonyl (C=O) groups is 2. The van der Waals surface area contributed by atoms with Crippen molar-refractivity contribution in [2.45, 2.75) is 41.5 Å². The molecule has 0 aliphatic rings. The second-order valence-corrected chi connectivity index (χ2v) is 16.2. The summed E-state index contributed by atoms with van der Waals surface area (Å²) in [6.07, 6.45) is 0. The molecular weight excluding hydrogens is 781 g/mol. The molecule has 9 aromatic rings. The Morgan fingerprint density at radius 2 is 0.645 bits per heavy atom. The summed E-state index contributed by atoms with van der Waals surface area (Å²) in [5, 5.41) is 7.94. The molecule has 7 aromatic carbocycles. The lowest BCUT2D eigenvalue weighted by atomic mass is 9.99. The molecule has 62 heavy (non-hydrogen) atoms. The number of ether oxygens (including phenoxy) is 2. The van der Waals surface area contributed by atoms with E-state index in [9.17, 15) is 28.8 Å². The number of hydrogen-bond donors (Lipinski definition) is 0. The zero-order valence-corrected chi connectivity index (χ0v) is 34.8. The van der Waals surface area contributed by atoms with Crippen molar-refractivity contribution in [1.82, 2.24) is 9.13 Å². The van der Waals surface area contributed by atoms with Crippen molar-refractivity contribution in [3.63, 3.8) is 0 Å². The summed E-state index contributed by atoms with van der Waals surface area (Å²) < 4.78 is 13.2. The van der Waals surface area contributed by atoms with E-state index in [2.05, 4.69) is 13.2 Å². The zero-order valence-electron chi connectivity index (χ0n) is 34.8. The molecule has 0 spiro atoms. The van der Waals surface area contributed by atoms with E-state index in [0.29, 0.717) is 66.7 Å². The molecule has 2 heterocycles. The third-order valence-corrected chi connectivity index (χ3v) is 11.5. The number of carbonyl (C=O) groups excluding carboxylic acids is 2. The van der Waals surface area contributed by atoms with Crippen LogP contribution in [0.4, 0.5) is 0 Å². The molecule has 0 saturated heterocycles. The van der Waals surface area contributed by atoms with Gasteiger partial charge in [-0.05, 0) is 180 Å². The van der Waals surface area contributed by atoms with Crippen molar-refractivity contribution < 1.29 is 19.1 Å². The van der Waals surface area contributed by atoms with Gasteiger partial charge >= 0.3 is 11.9 Å². The second kappa shape index (κ2) is 14.3. The van der Waals surface area contributed by atoms with Crippen LogP contribution in [-0.4, -0.2) is 21.1 Å². The lowest BCUT2D eigenvalue weighted by Gasteiger charge is -2.12. The highest BCUT2D eigenvalue weighted by molar-refractivity contribution is 6.07. The minimum atomic E-state index is -0.566. The minimum Gasteiger partial charge on any atom is -0.423 e. The highest BCUT2D eigenvalue weighted by Crippen LogP contribution is 2.31. The fraction of sp³-hybridized carbons (Fsp3) is 0.115. The highest BCUT2D eigenvalue weighted by Gasteiger charge is 2.22. The van der Waals surface area contributed by atoms with Crippen LogP contribution in [0.15, 0.2) is 141 Å². The average molecular weight is 819 g/mol. The van der Waals surface area contributed by atoms with Crippen LogP contribution < -0.4 is 31.7 Å². The smallest absolute Gasteiger partial charge is 0.338 e. The van der Waals surface area contributed by atoms with E-state index >= 15 is 0 Å². The number of hydrogen-bond acceptors (Lipinski definition) is 8. The summed E-state index contributed by atoms with van der Waals surface area (Å²) in [4.78, 5) is 80.1.